The average Bonchev–Trinajstić information content (AvgIpc) is 3.11. The Kier molecular flexibility index (Phi) is 9.19. The minimum absolute atomic E-state index is 0.110. The van der Waals surface area contributed by atoms with Crippen molar-refractivity contribution in [1.82, 2.24) is 14.8 Å². The number of hydrogen-bond acceptors (Lipinski definition) is 5. The summed E-state index contributed by atoms with van der Waals surface area (Å²) >= 11 is 0. The van der Waals surface area contributed by atoms with E-state index < -0.39 is 17.7 Å². The lowest BCUT2D eigenvalue weighted by molar-refractivity contribution is -0.140. The number of hydrogen-bond donors (Lipinski definition) is 1. The number of aliphatic hydroxyl groups excluding tert-OH is 1. The molecule has 1 atom stereocenters. The number of carbonyl (C=O) groups is 2. The van der Waals surface area contributed by atoms with Crippen LogP contribution in [0.15, 0.2) is 60.3 Å². The van der Waals surface area contributed by atoms with E-state index in [-0.39, 0.29) is 11.3 Å². The Morgan fingerprint density at radius 3 is 2.18 bits per heavy atom. The summed E-state index contributed by atoms with van der Waals surface area (Å²) in [6.45, 7) is 7.79. The van der Waals surface area contributed by atoms with Gasteiger partial charge in [0, 0.05) is 18.3 Å². The fourth-order valence-corrected chi connectivity index (χ4v) is 4.27. The number of pyridine rings is 1. The SMILES string of the molecule is CCCCN(CCCC)CCCN1C(=O)C(=O)/C(=C(\O)c2ccccc2)C1c1ccccn1. The van der Waals surface area contributed by atoms with Gasteiger partial charge in [0.2, 0.25) is 0 Å². The van der Waals surface area contributed by atoms with Crippen LogP contribution in [-0.2, 0) is 9.59 Å². The van der Waals surface area contributed by atoms with E-state index in [9.17, 15) is 14.7 Å². The molecule has 1 amide bonds. The van der Waals surface area contributed by atoms with Crippen LogP contribution in [0.25, 0.3) is 5.76 Å². The van der Waals surface area contributed by atoms with Crippen molar-refractivity contribution in [3.63, 3.8) is 0 Å². The molecule has 1 saturated heterocycles. The van der Waals surface area contributed by atoms with E-state index in [2.05, 4.69) is 23.7 Å². The van der Waals surface area contributed by atoms with Crippen molar-refractivity contribution in [1.29, 1.82) is 0 Å². The normalized spacial score (nSPS) is 17.8. The highest BCUT2D eigenvalue weighted by Gasteiger charge is 2.46. The first-order valence-corrected chi connectivity index (χ1v) is 12.1. The third-order valence-corrected chi connectivity index (χ3v) is 6.08. The molecule has 0 aliphatic carbocycles. The molecule has 1 aliphatic heterocycles. The van der Waals surface area contributed by atoms with Crippen LogP contribution in [0.3, 0.4) is 0 Å². The number of Topliss-reactive ketones (excluding diaryl/α,β-unsaturated/α-hetero) is 1. The maximum atomic E-state index is 13.0. The van der Waals surface area contributed by atoms with Crippen molar-refractivity contribution in [3.8, 4) is 0 Å². The van der Waals surface area contributed by atoms with Gasteiger partial charge in [0.25, 0.3) is 11.7 Å². The number of nitrogens with zero attached hydrogens (tertiary/aromatic N) is 3. The Morgan fingerprint density at radius 1 is 0.939 bits per heavy atom. The number of rotatable bonds is 12. The van der Waals surface area contributed by atoms with Crippen LogP contribution in [0, 0.1) is 0 Å². The number of aliphatic hydroxyl groups is 1. The first-order chi connectivity index (χ1) is 16.1. The summed E-state index contributed by atoms with van der Waals surface area (Å²) < 4.78 is 0. The Hall–Kier alpha value is -2.99. The van der Waals surface area contributed by atoms with Gasteiger partial charge < -0.3 is 14.9 Å². The third kappa shape index (κ3) is 6.08. The van der Waals surface area contributed by atoms with Crippen molar-refractivity contribution < 1.29 is 14.7 Å². The quantitative estimate of drug-likeness (QED) is 0.286. The molecule has 1 aromatic carbocycles. The van der Waals surface area contributed by atoms with E-state index in [0.717, 1.165) is 51.7 Å². The van der Waals surface area contributed by atoms with Crippen LogP contribution in [-0.4, -0.2) is 57.8 Å². The fourth-order valence-electron chi connectivity index (χ4n) is 4.27. The second kappa shape index (κ2) is 12.3. The lowest BCUT2D eigenvalue weighted by atomic mass is 9.98. The Balaban J connectivity index is 1.85. The molecule has 3 rings (SSSR count). The van der Waals surface area contributed by atoms with Gasteiger partial charge in [0.1, 0.15) is 11.8 Å². The molecule has 0 saturated carbocycles. The first-order valence-electron chi connectivity index (χ1n) is 12.1. The van der Waals surface area contributed by atoms with E-state index >= 15 is 0 Å². The van der Waals surface area contributed by atoms with Gasteiger partial charge in [-0.2, -0.15) is 0 Å². The highest BCUT2D eigenvalue weighted by molar-refractivity contribution is 6.46. The van der Waals surface area contributed by atoms with Gasteiger partial charge >= 0.3 is 0 Å². The largest absolute Gasteiger partial charge is 0.507 e. The van der Waals surface area contributed by atoms with Crippen LogP contribution in [0.4, 0.5) is 0 Å². The molecule has 6 nitrogen and oxygen atoms in total. The van der Waals surface area contributed by atoms with Crippen LogP contribution < -0.4 is 0 Å². The smallest absolute Gasteiger partial charge is 0.295 e. The molecule has 1 aromatic heterocycles. The van der Waals surface area contributed by atoms with Crippen molar-refractivity contribution in [2.24, 2.45) is 0 Å². The molecule has 1 aliphatic rings. The summed E-state index contributed by atoms with van der Waals surface area (Å²) in [5.41, 5.74) is 1.21. The number of aromatic nitrogens is 1. The van der Waals surface area contributed by atoms with Crippen molar-refractivity contribution in [2.45, 2.75) is 52.0 Å². The molecule has 1 fully saturated rings. The Bertz CT molecular complexity index is 936. The third-order valence-electron chi connectivity index (χ3n) is 6.08. The highest BCUT2D eigenvalue weighted by atomic mass is 16.3. The summed E-state index contributed by atoms with van der Waals surface area (Å²) in [4.78, 5) is 34.5. The Morgan fingerprint density at radius 2 is 1.58 bits per heavy atom. The maximum absolute atomic E-state index is 13.0. The molecular formula is C27H35N3O3. The van der Waals surface area contributed by atoms with Gasteiger partial charge in [-0.05, 0) is 51.0 Å². The Labute approximate surface area is 196 Å². The minimum Gasteiger partial charge on any atom is -0.507 e. The zero-order chi connectivity index (χ0) is 23.6. The second-order valence-electron chi connectivity index (χ2n) is 8.52. The predicted molar refractivity (Wildman–Crippen MR) is 131 cm³/mol. The van der Waals surface area contributed by atoms with Gasteiger partial charge in [0.15, 0.2) is 0 Å². The molecule has 0 spiro atoms. The van der Waals surface area contributed by atoms with E-state index in [1.165, 1.54) is 0 Å². The second-order valence-corrected chi connectivity index (χ2v) is 8.52. The molecule has 0 bridgehead atoms. The summed E-state index contributed by atoms with van der Waals surface area (Å²) in [5, 5.41) is 11.0. The monoisotopic (exact) mass is 449 g/mol. The summed E-state index contributed by atoms with van der Waals surface area (Å²) in [7, 11) is 0. The number of amides is 1. The molecule has 2 heterocycles. The van der Waals surface area contributed by atoms with Crippen LogP contribution in [0.2, 0.25) is 0 Å². The average molecular weight is 450 g/mol. The molecule has 33 heavy (non-hydrogen) atoms. The van der Waals surface area contributed by atoms with Crippen molar-refractivity contribution in [3.05, 3.63) is 71.6 Å². The van der Waals surface area contributed by atoms with E-state index in [4.69, 9.17) is 0 Å². The molecular weight excluding hydrogens is 414 g/mol. The summed E-state index contributed by atoms with van der Waals surface area (Å²) in [6, 6.07) is 13.6. The first kappa shape index (κ1) is 24.6. The van der Waals surface area contributed by atoms with Gasteiger partial charge in [0.05, 0.1) is 11.3 Å². The van der Waals surface area contributed by atoms with Crippen LogP contribution in [0.5, 0.6) is 0 Å². The van der Waals surface area contributed by atoms with E-state index in [0.29, 0.717) is 17.8 Å². The lowest BCUT2D eigenvalue weighted by Gasteiger charge is -2.27. The number of benzene rings is 1. The van der Waals surface area contributed by atoms with Gasteiger partial charge in [-0.25, -0.2) is 0 Å². The van der Waals surface area contributed by atoms with Crippen LogP contribution >= 0.6 is 0 Å². The molecule has 2 aromatic rings. The zero-order valence-electron chi connectivity index (χ0n) is 19.7. The minimum atomic E-state index is -0.689. The number of likely N-dealkylation sites (tertiary alicyclic amines) is 1. The molecule has 1 unspecified atom stereocenters. The van der Waals surface area contributed by atoms with Crippen LogP contribution in [0.1, 0.15) is 63.3 Å². The van der Waals surface area contributed by atoms with Gasteiger partial charge in [-0.15, -0.1) is 0 Å². The van der Waals surface area contributed by atoms with E-state index in [1.807, 2.05) is 12.1 Å². The van der Waals surface area contributed by atoms with Gasteiger partial charge in [-0.1, -0.05) is 63.1 Å². The zero-order valence-corrected chi connectivity index (χ0v) is 19.7. The predicted octanol–water partition coefficient (Wildman–Crippen LogP) is 4.80. The van der Waals surface area contributed by atoms with Crippen molar-refractivity contribution in [2.75, 3.05) is 26.2 Å². The molecule has 0 radical (unpaired) electrons. The van der Waals surface area contributed by atoms with Gasteiger partial charge in [-0.3, -0.25) is 14.6 Å². The summed E-state index contributed by atoms with van der Waals surface area (Å²) in [6.07, 6.45) is 7.01. The number of carbonyl (C=O) groups excluding carboxylic acids is 2. The summed E-state index contributed by atoms with van der Waals surface area (Å²) in [5.74, 6) is -1.38. The van der Waals surface area contributed by atoms with Crippen molar-refractivity contribution >= 4 is 17.4 Å². The number of unbranched alkanes of at least 4 members (excludes halogenated alkanes) is 2. The molecule has 176 valence electrons. The fraction of sp³-hybridized carbons (Fsp3) is 0.444. The maximum Gasteiger partial charge on any atom is 0.295 e. The van der Waals surface area contributed by atoms with E-state index in [1.54, 1.807) is 47.5 Å². The molecule has 6 heteroatoms. The molecule has 1 N–H and O–H groups in total. The highest BCUT2D eigenvalue weighted by Crippen LogP contribution is 2.38. The standard InChI is InChI=1S/C27H35N3O3/c1-3-5-17-29(18-6-4-2)19-12-20-30-24(22-15-10-11-16-28-22)23(26(32)27(30)33)25(31)21-13-8-7-9-14-21/h7-11,13-16,24,31H,3-6,12,17-20H2,1-2H3/b25-23-. The topological polar surface area (TPSA) is 73.7 Å². The lowest BCUT2D eigenvalue weighted by Crippen LogP contribution is -2.34. The number of ketones is 1.